The third-order valence-electron chi connectivity index (χ3n) is 4.41. The van der Waals surface area contributed by atoms with E-state index in [4.69, 9.17) is 9.47 Å². The Balaban J connectivity index is 1.78. The van der Waals surface area contributed by atoms with Gasteiger partial charge in [-0.1, -0.05) is 41.7 Å². The minimum absolute atomic E-state index is 0.214. The number of thiazole rings is 1. The van der Waals surface area contributed by atoms with Crippen molar-refractivity contribution >= 4 is 22.4 Å². The smallest absolute Gasteiger partial charge is 0.296 e. The quantitative estimate of drug-likeness (QED) is 0.501. The summed E-state index contributed by atoms with van der Waals surface area (Å²) in [4.78, 5) is 29.5. The Morgan fingerprint density at radius 1 is 1.03 bits per heavy atom. The minimum atomic E-state index is -0.439. The zero-order chi connectivity index (χ0) is 20.4. The van der Waals surface area contributed by atoms with E-state index in [9.17, 15) is 9.59 Å². The second-order valence-corrected chi connectivity index (χ2v) is 7.25. The van der Waals surface area contributed by atoms with Gasteiger partial charge in [-0.2, -0.15) is 14.6 Å². The molecular formula is C21H17N3O4S. The normalized spacial score (nSPS) is 11.7. The number of ether oxygens (including phenoxy) is 2. The van der Waals surface area contributed by atoms with Gasteiger partial charge in [-0.3, -0.25) is 9.59 Å². The third kappa shape index (κ3) is 3.74. The van der Waals surface area contributed by atoms with E-state index in [0.717, 1.165) is 28.2 Å². The SMILES string of the molecule is COc1ccc(Cc2nn3c(=O)c(=Cc4ccccc4OC)sc3nc2=O)cc1. The van der Waals surface area contributed by atoms with E-state index in [1.165, 1.54) is 4.52 Å². The first-order valence-electron chi connectivity index (χ1n) is 8.79. The summed E-state index contributed by atoms with van der Waals surface area (Å²) in [6.45, 7) is 0. The summed E-state index contributed by atoms with van der Waals surface area (Å²) >= 11 is 1.12. The van der Waals surface area contributed by atoms with E-state index in [0.29, 0.717) is 10.3 Å². The summed E-state index contributed by atoms with van der Waals surface area (Å²) in [6.07, 6.45) is 2.00. The lowest BCUT2D eigenvalue weighted by Crippen LogP contribution is -2.28. The van der Waals surface area contributed by atoms with Crippen LogP contribution < -0.4 is 25.1 Å². The number of methoxy groups -OCH3 is 2. The average Bonchev–Trinajstić information content (AvgIpc) is 3.03. The van der Waals surface area contributed by atoms with Crippen molar-refractivity contribution in [3.63, 3.8) is 0 Å². The van der Waals surface area contributed by atoms with Gasteiger partial charge < -0.3 is 9.47 Å². The molecule has 4 rings (SSSR count). The fourth-order valence-electron chi connectivity index (χ4n) is 2.92. The maximum Gasteiger partial charge on any atom is 0.296 e. The van der Waals surface area contributed by atoms with Crippen molar-refractivity contribution in [1.82, 2.24) is 14.6 Å². The van der Waals surface area contributed by atoms with Crippen molar-refractivity contribution in [1.29, 1.82) is 0 Å². The second kappa shape index (κ2) is 7.84. The van der Waals surface area contributed by atoms with Gasteiger partial charge in [-0.25, -0.2) is 0 Å². The zero-order valence-electron chi connectivity index (χ0n) is 15.8. The molecule has 0 bridgehead atoms. The molecule has 0 saturated carbocycles. The van der Waals surface area contributed by atoms with Crippen molar-refractivity contribution in [3.8, 4) is 11.5 Å². The first-order valence-corrected chi connectivity index (χ1v) is 9.61. The van der Waals surface area contributed by atoms with Gasteiger partial charge in [-0.05, 0) is 29.8 Å². The Kier molecular flexibility index (Phi) is 5.09. The summed E-state index contributed by atoms with van der Waals surface area (Å²) in [5.41, 5.74) is 1.09. The monoisotopic (exact) mass is 407 g/mol. The Bertz CT molecular complexity index is 1340. The molecule has 0 aliphatic heterocycles. The van der Waals surface area contributed by atoms with Crippen LogP contribution in [-0.2, 0) is 6.42 Å². The molecule has 0 fully saturated rings. The number of nitrogens with zero attached hydrogens (tertiary/aromatic N) is 3. The van der Waals surface area contributed by atoms with E-state index in [-0.39, 0.29) is 22.6 Å². The van der Waals surface area contributed by atoms with Crippen molar-refractivity contribution in [2.24, 2.45) is 0 Å². The van der Waals surface area contributed by atoms with Gasteiger partial charge in [0.05, 0.1) is 18.8 Å². The van der Waals surface area contributed by atoms with Gasteiger partial charge in [0.15, 0.2) is 0 Å². The van der Waals surface area contributed by atoms with Crippen LogP contribution in [0.5, 0.6) is 11.5 Å². The molecule has 29 heavy (non-hydrogen) atoms. The molecular weight excluding hydrogens is 390 g/mol. The lowest BCUT2D eigenvalue weighted by Gasteiger charge is -2.02. The predicted molar refractivity (Wildman–Crippen MR) is 111 cm³/mol. The summed E-state index contributed by atoms with van der Waals surface area (Å²) in [5, 5.41) is 4.27. The molecule has 0 aliphatic carbocycles. The van der Waals surface area contributed by atoms with Gasteiger partial charge >= 0.3 is 0 Å². The van der Waals surface area contributed by atoms with E-state index < -0.39 is 5.56 Å². The van der Waals surface area contributed by atoms with Gasteiger partial charge in [-0.15, -0.1) is 0 Å². The molecule has 0 unspecified atom stereocenters. The van der Waals surface area contributed by atoms with Crippen molar-refractivity contribution < 1.29 is 9.47 Å². The highest BCUT2D eigenvalue weighted by Gasteiger charge is 2.12. The summed E-state index contributed by atoms with van der Waals surface area (Å²) in [7, 11) is 3.16. The van der Waals surface area contributed by atoms with Gasteiger partial charge in [0.1, 0.15) is 17.2 Å². The molecule has 0 amide bonds. The Morgan fingerprint density at radius 2 is 1.79 bits per heavy atom. The molecule has 8 heteroatoms. The molecule has 0 radical (unpaired) electrons. The van der Waals surface area contributed by atoms with Gasteiger partial charge in [0.2, 0.25) is 4.96 Å². The summed E-state index contributed by atoms with van der Waals surface area (Å²) < 4.78 is 12.1. The molecule has 0 atom stereocenters. The van der Waals surface area contributed by atoms with Gasteiger partial charge in [0.25, 0.3) is 11.1 Å². The van der Waals surface area contributed by atoms with Crippen molar-refractivity contribution in [2.45, 2.75) is 6.42 Å². The van der Waals surface area contributed by atoms with E-state index in [1.54, 1.807) is 20.3 Å². The fraction of sp³-hybridized carbons (Fsp3) is 0.143. The zero-order valence-corrected chi connectivity index (χ0v) is 16.6. The molecule has 7 nitrogen and oxygen atoms in total. The molecule has 0 spiro atoms. The Labute approximate surface area is 169 Å². The highest BCUT2D eigenvalue weighted by molar-refractivity contribution is 7.15. The number of para-hydroxylation sites is 1. The number of hydrogen-bond acceptors (Lipinski definition) is 7. The largest absolute Gasteiger partial charge is 0.497 e. The standard InChI is InChI=1S/C21H17N3O4S/c1-27-15-9-7-13(8-10-15)11-16-19(25)22-21-24(23-16)20(26)18(29-21)12-14-5-3-4-6-17(14)28-2/h3-10,12H,11H2,1-2H3. The van der Waals surface area contributed by atoms with Crippen LogP contribution >= 0.6 is 11.3 Å². The number of fused-ring (bicyclic) bond motifs is 1. The van der Waals surface area contributed by atoms with Crippen LogP contribution in [0.2, 0.25) is 0 Å². The summed E-state index contributed by atoms with van der Waals surface area (Å²) in [6, 6.07) is 14.7. The highest BCUT2D eigenvalue weighted by Crippen LogP contribution is 2.18. The number of hydrogen-bond donors (Lipinski definition) is 0. The topological polar surface area (TPSA) is 82.8 Å². The molecule has 2 aromatic carbocycles. The fourth-order valence-corrected chi connectivity index (χ4v) is 3.81. The predicted octanol–water partition coefficient (Wildman–Crippen LogP) is 1.67. The average molecular weight is 407 g/mol. The van der Waals surface area contributed by atoms with Crippen LogP contribution in [0.3, 0.4) is 0 Å². The van der Waals surface area contributed by atoms with Crippen LogP contribution in [0.4, 0.5) is 0 Å². The van der Waals surface area contributed by atoms with E-state index >= 15 is 0 Å². The Morgan fingerprint density at radius 3 is 2.52 bits per heavy atom. The van der Waals surface area contributed by atoms with Crippen molar-refractivity contribution in [3.05, 3.63) is 90.6 Å². The van der Waals surface area contributed by atoms with Crippen LogP contribution in [-0.4, -0.2) is 28.8 Å². The lowest BCUT2D eigenvalue weighted by molar-refractivity contribution is 0.414. The Hall–Kier alpha value is -3.52. The van der Waals surface area contributed by atoms with E-state index in [2.05, 4.69) is 10.1 Å². The van der Waals surface area contributed by atoms with E-state index in [1.807, 2.05) is 48.5 Å². The maximum absolute atomic E-state index is 12.8. The number of rotatable bonds is 5. The highest BCUT2D eigenvalue weighted by atomic mass is 32.1. The van der Waals surface area contributed by atoms with Crippen molar-refractivity contribution in [2.75, 3.05) is 14.2 Å². The molecule has 146 valence electrons. The lowest BCUT2D eigenvalue weighted by atomic mass is 10.1. The number of benzene rings is 2. The van der Waals surface area contributed by atoms with Crippen LogP contribution in [0, 0.1) is 0 Å². The van der Waals surface area contributed by atoms with Gasteiger partial charge in [0, 0.05) is 12.0 Å². The van der Waals surface area contributed by atoms with Crippen LogP contribution in [0.25, 0.3) is 11.0 Å². The molecule has 0 aliphatic rings. The summed E-state index contributed by atoms with van der Waals surface area (Å²) in [5.74, 6) is 1.38. The molecule has 0 saturated heterocycles. The van der Waals surface area contributed by atoms with Crippen LogP contribution in [0.15, 0.2) is 58.1 Å². The molecule has 2 heterocycles. The first-order chi connectivity index (χ1) is 14.1. The second-order valence-electron chi connectivity index (χ2n) is 6.24. The van der Waals surface area contributed by atoms with Crippen LogP contribution in [0.1, 0.15) is 16.8 Å². The third-order valence-corrected chi connectivity index (χ3v) is 5.37. The molecule has 4 aromatic rings. The minimum Gasteiger partial charge on any atom is -0.497 e. The molecule has 0 N–H and O–H groups in total. The number of aromatic nitrogens is 3. The maximum atomic E-state index is 12.8. The molecule has 2 aromatic heterocycles. The first kappa shape index (κ1) is 18.8.